The minimum absolute atomic E-state index is 0.0526. The van der Waals surface area contributed by atoms with Crippen LogP contribution in [-0.4, -0.2) is 29.1 Å². The van der Waals surface area contributed by atoms with Gasteiger partial charge in [-0.05, 0) is 38.0 Å². The number of carboxylic acids is 1. The first-order valence-corrected chi connectivity index (χ1v) is 6.07. The van der Waals surface area contributed by atoms with E-state index in [0.29, 0.717) is 12.3 Å². The zero-order valence-electron chi connectivity index (χ0n) is 11.4. The van der Waals surface area contributed by atoms with Crippen LogP contribution in [0.4, 0.5) is 0 Å². The summed E-state index contributed by atoms with van der Waals surface area (Å²) in [6.45, 7) is 5.06. The Bertz CT molecular complexity index is 451. The van der Waals surface area contributed by atoms with Crippen LogP contribution in [0.25, 0.3) is 0 Å². The lowest BCUT2D eigenvalue weighted by Crippen LogP contribution is -2.37. The molecular weight excluding hydrogens is 246 g/mol. The second-order valence-electron chi connectivity index (χ2n) is 4.79. The largest absolute Gasteiger partial charge is 0.478 e. The SMILES string of the molecule is CC(=O)NCCc1ccc(OC(C)(C)C(=O)O)cc1. The molecule has 0 fully saturated rings. The highest BCUT2D eigenvalue weighted by atomic mass is 16.5. The van der Waals surface area contributed by atoms with Crippen molar-refractivity contribution in [2.45, 2.75) is 32.8 Å². The van der Waals surface area contributed by atoms with E-state index in [1.165, 1.54) is 20.8 Å². The van der Waals surface area contributed by atoms with Gasteiger partial charge in [-0.15, -0.1) is 0 Å². The van der Waals surface area contributed by atoms with E-state index >= 15 is 0 Å². The Labute approximate surface area is 112 Å². The summed E-state index contributed by atoms with van der Waals surface area (Å²) in [6.07, 6.45) is 0.724. The second kappa shape index (κ2) is 6.22. The summed E-state index contributed by atoms with van der Waals surface area (Å²) < 4.78 is 5.39. The molecule has 1 aromatic carbocycles. The van der Waals surface area contributed by atoms with Crippen molar-refractivity contribution in [1.29, 1.82) is 0 Å². The molecule has 2 N–H and O–H groups in total. The fraction of sp³-hybridized carbons (Fsp3) is 0.429. The highest BCUT2D eigenvalue weighted by molar-refractivity contribution is 5.76. The van der Waals surface area contributed by atoms with Crippen LogP contribution in [0.3, 0.4) is 0 Å². The number of carbonyl (C=O) groups is 2. The third kappa shape index (κ3) is 4.99. The molecule has 1 aromatic rings. The summed E-state index contributed by atoms with van der Waals surface area (Å²) in [5.41, 5.74) is -0.202. The number of rotatable bonds is 6. The number of hydrogen-bond acceptors (Lipinski definition) is 3. The van der Waals surface area contributed by atoms with Crippen LogP contribution in [0.5, 0.6) is 5.75 Å². The van der Waals surface area contributed by atoms with Crippen molar-refractivity contribution in [2.24, 2.45) is 0 Å². The van der Waals surface area contributed by atoms with Crippen molar-refractivity contribution in [2.75, 3.05) is 6.54 Å². The molecule has 0 radical (unpaired) electrons. The Balaban J connectivity index is 2.57. The molecule has 0 aliphatic heterocycles. The molecule has 0 unspecified atom stereocenters. The maximum Gasteiger partial charge on any atom is 0.347 e. The predicted molar refractivity (Wildman–Crippen MR) is 71.2 cm³/mol. The molecule has 5 heteroatoms. The van der Waals surface area contributed by atoms with Gasteiger partial charge in [-0.1, -0.05) is 12.1 Å². The molecule has 0 spiro atoms. The van der Waals surface area contributed by atoms with E-state index in [9.17, 15) is 9.59 Å². The number of ether oxygens (including phenoxy) is 1. The van der Waals surface area contributed by atoms with E-state index in [4.69, 9.17) is 9.84 Å². The molecule has 0 heterocycles. The molecule has 0 aromatic heterocycles. The van der Waals surface area contributed by atoms with Gasteiger partial charge in [0.05, 0.1) is 0 Å². The van der Waals surface area contributed by atoms with Gasteiger partial charge in [-0.25, -0.2) is 4.79 Å². The zero-order valence-corrected chi connectivity index (χ0v) is 11.4. The number of amides is 1. The summed E-state index contributed by atoms with van der Waals surface area (Å²) >= 11 is 0. The average Bonchev–Trinajstić information content (AvgIpc) is 2.30. The van der Waals surface area contributed by atoms with Crippen LogP contribution >= 0.6 is 0 Å². The van der Waals surface area contributed by atoms with Crippen molar-refractivity contribution >= 4 is 11.9 Å². The van der Waals surface area contributed by atoms with Crippen LogP contribution in [0.1, 0.15) is 26.3 Å². The Morgan fingerprint density at radius 3 is 2.32 bits per heavy atom. The van der Waals surface area contributed by atoms with Crippen molar-refractivity contribution in [3.63, 3.8) is 0 Å². The minimum Gasteiger partial charge on any atom is -0.478 e. The molecule has 0 saturated carbocycles. The van der Waals surface area contributed by atoms with Crippen molar-refractivity contribution < 1.29 is 19.4 Å². The molecule has 0 atom stereocenters. The van der Waals surface area contributed by atoms with E-state index in [2.05, 4.69) is 5.32 Å². The highest BCUT2D eigenvalue weighted by Gasteiger charge is 2.29. The third-order valence-corrected chi connectivity index (χ3v) is 2.60. The van der Waals surface area contributed by atoms with Crippen LogP contribution in [0.2, 0.25) is 0 Å². The van der Waals surface area contributed by atoms with Crippen LogP contribution in [0, 0.1) is 0 Å². The molecule has 0 saturated heterocycles. The van der Waals surface area contributed by atoms with Crippen molar-refractivity contribution in [3.05, 3.63) is 29.8 Å². The molecule has 19 heavy (non-hydrogen) atoms. The zero-order chi connectivity index (χ0) is 14.5. The van der Waals surface area contributed by atoms with Gasteiger partial charge >= 0.3 is 5.97 Å². The fourth-order valence-corrected chi connectivity index (χ4v) is 1.45. The number of carbonyl (C=O) groups excluding carboxylic acids is 1. The Hall–Kier alpha value is -2.04. The maximum absolute atomic E-state index is 10.9. The van der Waals surface area contributed by atoms with E-state index in [1.807, 2.05) is 12.1 Å². The molecule has 1 amide bonds. The van der Waals surface area contributed by atoms with Gasteiger partial charge in [-0.2, -0.15) is 0 Å². The predicted octanol–water partition coefficient (Wildman–Crippen LogP) is 1.61. The topological polar surface area (TPSA) is 75.6 Å². The maximum atomic E-state index is 10.9. The highest BCUT2D eigenvalue weighted by Crippen LogP contribution is 2.19. The Morgan fingerprint density at radius 2 is 1.84 bits per heavy atom. The molecule has 5 nitrogen and oxygen atoms in total. The van der Waals surface area contributed by atoms with E-state index in [0.717, 1.165) is 12.0 Å². The Kier molecular flexibility index (Phi) is 4.92. The van der Waals surface area contributed by atoms with E-state index in [1.54, 1.807) is 12.1 Å². The van der Waals surface area contributed by atoms with Crippen LogP contribution in [0.15, 0.2) is 24.3 Å². The first-order valence-electron chi connectivity index (χ1n) is 6.07. The summed E-state index contributed by atoms with van der Waals surface area (Å²) in [4.78, 5) is 21.7. The lowest BCUT2D eigenvalue weighted by molar-refractivity contribution is -0.152. The van der Waals surface area contributed by atoms with Crippen LogP contribution in [-0.2, 0) is 16.0 Å². The number of nitrogens with one attached hydrogen (secondary N) is 1. The quantitative estimate of drug-likeness (QED) is 0.819. The molecule has 0 aliphatic carbocycles. The average molecular weight is 265 g/mol. The summed E-state index contributed by atoms with van der Waals surface area (Å²) in [5, 5.41) is 11.7. The van der Waals surface area contributed by atoms with Gasteiger partial charge < -0.3 is 15.2 Å². The van der Waals surface area contributed by atoms with Crippen molar-refractivity contribution in [1.82, 2.24) is 5.32 Å². The smallest absolute Gasteiger partial charge is 0.347 e. The normalized spacial score (nSPS) is 10.9. The monoisotopic (exact) mass is 265 g/mol. The van der Waals surface area contributed by atoms with Gasteiger partial charge in [-0.3, -0.25) is 4.79 Å². The summed E-state index contributed by atoms with van der Waals surface area (Å²) in [5.74, 6) is -0.555. The first kappa shape index (κ1) is 15.0. The molecular formula is C14H19NO4. The number of carboxylic acid groups (broad SMARTS) is 1. The van der Waals surface area contributed by atoms with E-state index in [-0.39, 0.29) is 5.91 Å². The summed E-state index contributed by atoms with van der Waals surface area (Å²) in [7, 11) is 0. The molecule has 1 rings (SSSR count). The molecule has 104 valence electrons. The molecule has 0 bridgehead atoms. The van der Waals surface area contributed by atoms with Gasteiger partial charge in [0, 0.05) is 13.5 Å². The van der Waals surface area contributed by atoms with Gasteiger partial charge in [0.25, 0.3) is 0 Å². The summed E-state index contributed by atoms with van der Waals surface area (Å²) in [6, 6.07) is 7.17. The van der Waals surface area contributed by atoms with E-state index < -0.39 is 11.6 Å². The van der Waals surface area contributed by atoms with Gasteiger partial charge in [0.15, 0.2) is 5.60 Å². The first-order chi connectivity index (χ1) is 8.81. The number of hydrogen-bond donors (Lipinski definition) is 2. The second-order valence-corrected chi connectivity index (χ2v) is 4.79. The number of benzene rings is 1. The van der Waals surface area contributed by atoms with Gasteiger partial charge in [0.1, 0.15) is 5.75 Å². The molecule has 0 aliphatic rings. The van der Waals surface area contributed by atoms with Gasteiger partial charge in [0.2, 0.25) is 5.91 Å². The standard InChI is InChI=1S/C14H19NO4/c1-10(16)15-9-8-11-4-6-12(7-5-11)19-14(2,3)13(17)18/h4-7H,8-9H2,1-3H3,(H,15,16)(H,17,18). The third-order valence-electron chi connectivity index (χ3n) is 2.60. The van der Waals surface area contributed by atoms with Crippen LogP contribution < -0.4 is 10.1 Å². The lowest BCUT2D eigenvalue weighted by Gasteiger charge is -2.21. The Morgan fingerprint density at radius 1 is 1.26 bits per heavy atom. The minimum atomic E-state index is -1.25. The number of aliphatic carboxylic acids is 1. The fourth-order valence-electron chi connectivity index (χ4n) is 1.45. The van der Waals surface area contributed by atoms with Crippen molar-refractivity contribution in [3.8, 4) is 5.75 Å². The lowest BCUT2D eigenvalue weighted by atomic mass is 10.1.